The third kappa shape index (κ3) is 2.63. The van der Waals surface area contributed by atoms with Crippen molar-refractivity contribution in [1.29, 1.82) is 0 Å². The first kappa shape index (κ1) is 12.5. The van der Waals surface area contributed by atoms with Crippen molar-refractivity contribution in [2.75, 3.05) is 5.32 Å². The van der Waals surface area contributed by atoms with Gasteiger partial charge in [-0.05, 0) is 36.8 Å². The zero-order chi connectivity index (χ0) is 13.1. The van der Waals surface area contributed by atoms with Gasteiger partial charge in [0.2, 0.25) is 0 Å². The number of phenolic OH excluding ortho intramolecular Hbond substituents is 1. The van der Waals surface area contributed by atoms with Gasteiger partial charge in [0.25, 0.3) is 5.91 Å². The van der Waals surface area contributed by atoms with Crippen LogP contribution in [0.2, 0.25) is 5.02 Å². The monoisotopic (exact) mass is 261 g/mol. The molecule has 0 aliphatic rings. The van der Waals surface area contributed by atoms with Crippen molar-refractivity contribution in [1.82, 2.24) is 0 Å². The van der Waals surface area contributed by atoms with Gasteiger partial charge in [0.15, 0.2) is 0 Å². The summed E-state index contributed by atoms with van der Waals surface area (Å²) in [5, 5.41) is 12.8. The van der Waals surface area contributed by atoms with Crippen LogP contribution in [-0.2, 0) is 0 Å². The molecule has 0 bridgehead atoms. The van der Waals surface area contributed by atoms with Gasteiger partial charge in [0, 0.05) is 10.7 Å². The summed E-state index contributed by atoms with van der Waals surface area (Å²) < 4.78 is 0. The molecule has 2 N–H and O–H groups in total. The number of rotatable bonds is 2. The number of benzene rings is 2. The quantitative estimate of drug-likeness (QED) is 0.868. The molecular formula is C14H12ClNO2. The number of hydrogen-bond donors (Lipinski definition) is 2. The highest BCUT2D eigenvalue weighted by molar-refractivity contribution is 6.31. The van der Waals surface area contributed by atoms with E-state index in [1.807, 2.05) is 25.1 Å². The Morgan fingerprint density at radius 3 is 2.61 bits per heavy atom. The number of nitrogens with one attached hydrogen (secondary N) is 1. The zero-order valence-corrected chi connectivity index (χ0v) is 10.5. The van der Waals surface area contributed by atoms with Crippen molar-refractivity contribution in [3.63, 3.8) is 0 Å². The van der Waals surface area contributed by atoms with Gasteiger partial charge in [-0.15, -0.1) is 0 Å². The minimum absolute atomic E-state index is 0.131. The molecule has 4 heteroatoms. The summed E-state index contributed by atoms with van der Waals surface area (Å²) in [5.41, 5.74) is 1.87. The van der Waals surface area contributed by atoms with Gasteiger partial charge < -0.3 is 10.4 Å². The second kappa shape index (κ2) is 5.10. The highest BCUT2D eigenvalue weighted by Crippen LogP contribution is 2.23. The van der Waals surface area contributed by atoms with Gasteiger partial charge in [-0.25, -0.2) is 0 Å². The molecule has 0 unspecified atom stereocenters. The summed E-state index contributed by atoms with van der Waals surface area (Å²) >= 11 is 5.72. The van der Waals surface area contributed by atoms with Crippen molar-refractivity contribution in [2.45, 2.75) is 6.92 Å². The summed E-state index contributed by atoms with van der Waals surface area (Å²) in [5.74, 6) is -0.493. The van der Waals surface area contributed by atoms with Gasteiger partial charge in [0.05, 0.1) is 5.56 Å². The topological polar surface area (TPSA) is 49.3 Å². The maximum atomic E-state index is 12.0. The van der Waals surface area contributed by atoms with Crippen LogP contribution in [0.3, 0.4) is 0 Å². The van der Waals surface area contributed by atoms with Gasteiger partial charge in [-0.2, -0.15) is 0 Å². The molecule has 0 saturated carbocycles. The van der Waals surface area contributed by atoms with E-state index in [0.717, 1.165) is 11.3 Å². The van der Waals surface area contributed by atoms with Crippen molar-refractivity contribution < 1.29 is 9.90 Å². The van der Waals surface area contributed by atoms with Crippen molar-refractivity contribution in [3.05, 3.63) is 58.6 Å². The molecular weight excluding hydrogens is 250 g/mol. The Hall–Kier alpha value is -2.00. The maximum Gasteiger partial charge on any atom is 0.259 e. The lowest BCUT2D eigenvalue weighted by molar-refractivity contribution is 0.102. The fourth-order valence-electron chi connectivity index (χ4n) is 1.60. The summed E-state index contributed by atoms with van der Waals surface area (Å²) in [6.07, 6.45) is 0. The summed E-state index contributed by atoms with van der Waals surface area (Å²) in [4.78, 5) is 12.0. The molecule has 0 aromatic heterocycles. The van der Waals surface area contributed by atoms with E-state index in [0.29, 0.717) is 5.02 Å². The average Bonchev–Trinajstić information content (AvgIpc) is 2.32. The number of hydrogen-bond acceptors (Lipinski definition) is 2. The number of anilines is 1. The van der Waals surface area contributed by atoms with E-state index in [9.17, 15) is 9.90 Å². The number of carbonyl (C=O) groups is 1. The first-order valence-electron chi connectivity index (χ1n) is 5.43. The normalized spacial score (nSPS) is 10.1. The number of aromatic hydroxyl groups is 1. The molecule has 0 aliphatic carbocycles. The van der Waals surface area contributed by atoms with Crippen LogP contribution in [-0.4, -0.2) is 11.0 Å². The van der Waals surface area contributed by atoms with Crippen molar-refractivity contribution in [3.8, 4) is 5.75 Å². The summed E-state index contributed by atoms with van der Waals surface area (Å²) in [6.45, 7) is 1.90. The van der Waals surface area contributed by atoms with E-state index < -0.39 is 0 Å². The molecule has 0 fully saturated rings. The fourth-order valence-corrected chi connectivity index (χ4v) is 1.77. The van der Waals surface area contributed by atoms with Crippen LogP contribution in [0.5, 0.6) is 5.75 Å². The van der Waals surface area contributed by atoms with Gasteiger partial charge in [-0.3, -0.25) is 4.79 Å². The van der Waals surface area contributed by atoms with E-state index in [4.69, 9.17) is 11.6 Å². The Labute approximate surface area is 110 Å². The number of para-hydroxylation sites is 1. The summed E-state index contributed by atoms with van der Waals surface area (Å²) in [7, 11) is 0. The molecule has 1 amide bonds. The van der Waals surface area contributed by atoms with E-state index >= 15 is 0 Å². The van der Waals surface area contributed by atoms with Crippen LogP contribution >= 0.6 is 11.6 Å². The lowest BCUT2D eigenvalue weighted by Crippen LogP contribution is -2.12. The summed E-state index contributed by atoms with van der Waals surface area (Å²) in [6, 6.07) is 11.8. The van der Waals surface area contributed by atoms with Gasteiger partial charge in [-0.1, -0.05) is 29.8 Å². The standard InChI is InChI=1S/C14H12ClNO2/c1-9-4-2-3-5-12(9)16-14(18)11-7-6-10(15)8-13(11)17/h2-8,17H,1H3,(H,16,18). The van der Waals surface area contributed by atoms with Crippen LogP contribution in [0.25, 0.3) is 0 Å². The Balaban J connectivity index is 2.25. The maximum absolute atomic E-state index is 12.0. The second-order valence-electron chi connectivity index (χ2n) is 3.93. The SMILES string of the molecule is Cc1ccccc1NC(=O)c1ccc(Cl)cc1O. The first-order chi connectivity index (χ1) is 8.58. The van der Waals surface area contributed by atoms with Crippen LogP contribution in [0.1, 0.15) is 15.9 Å². The lowest BCUT2D eigenvalue weighted by Gasteiger charge is -2.09. The highest BCUT2D eigenvalue weighted by Gasteiger charge is 2.12. The average molecular weight is 262 g/mol. The zero-order valence-electron chi connectivity index (χ0n) is 9.77. The second-order valence-corrected chi connectivity index (χ2v) is 4.37. The third-order valence-electron chi connectivity index (χ3n) is 2.60. The van der Waals surface area contributed by atoms with Crippen molar-refractivity contribution >= 4 is 23.2 Å². The molecule has 2 rings (SSSR count). The van der Waals surface area contributed by atoms with Crippen LogP contribution in [0.4, 0.5) is 5.69 Å². The minimum atomic E-state index is -0.363. The van der Waals surface area contributed by atoms with Crippen LogP contribution in [0, 0.1) is 6.92 Å². The predicted molar refractivity (Wildman–Crippen MR) is 72.2 cm³/mol. The van der Waals surface area contributed by atoms with Crippen LogP contribution in [0.15, 0.2) is 42.5 Å². The third-order valence-corrected chi connectivity index (χ3v) is 2.83. The molecule has 0 atom stereocenters. The molecule has 3 nitrogen and oxygen atoms in total. The first-order valence-corrected chi connectivity index (χ1v) is 5.81. The molecule has 0 spiro atoms. The number of phenols is 1. The molecule has 92 valence electrons. The lowest BCUT2D eigenvalue weighted by atomic mass is 10.1. The Morgan fingerprint density at radius 1 is 1.22 bits per heavy atom. The molecule has 0 radical (unpaired) electrons. The number of amides is 1. The van der Waals surface area contributed by atoms with E-state index in [2.05, 4.69) is 5.32 Å². The van der Waals surface area contributed by atoms with E-state index in [1.54, 1.807) is 12.1 Å². The largest absolute Gasteiger partial charge is 0.507 e. The molecule has 2 aromatic rings. The van der Waals surface area contributed by atoms with Crippen LogP contribution < -0.4 is 5.32 Å². The number of aryl methyl sites for hydroxylation is 1. The van der Waals surface area contributed by atoms with Gasteiger partial charge in [0.1, 0.15) is 5.75 Å². The molecule has 0 aliphatic heterocycles. The number of halogens is 1. The molecule has 0 heterocycles. The van der Waals surface area contributed by atoms with Gasteiger partial charge >= 0.3 is 0 Å². The molecule has 2 aromatic carbocycles. The smallest absolute Gasteiger partial charge is 0.259 e. The van der Waals surface area contributed by atoms with Crippen molar-refractivity contribution in [2.24, 2.45) is 0 Å². The Morgan fingerprint density at radius 2 is 1.94 bits per heavy atom. The molecule has 18 heavy (non-hydrogen) atoms. The molecule has 0 saturated heterocycles. The van der Waals surface area contributed by atoms with E-state index in [-0.39, 0.29) is 17.2 Å². The number of carbonyl (C=O) groups excluding carboxylic acids is 1. The predicted octanol–water partition coefficient (Wildman–Crippen LogP) is 3.61. The van der Waals surface area contributed by atoms with E-state index in [1.165, 1.54) is 12.1 Å². The minimum Gasteiger partial charge on any atom is -0.507 e. The fraction of sp³-hybridized carbons (Fsp3) is 0.0714. The Bertz CT molecular complexity index is 596. The highest BCUT2D eigenvalue weighted by atomic mass is 35.5. The Kier molecular flexibility index (Phi) is 3.53.